The molecule has 5 heteroatoms. The van der Waals surface area contributed by atoms with E-state index < -0.39 is 28.9 Å². The zero-order valence-electron chi connectivity index (χ0n) is 14.5. The van der Waals surface area contributed by atoms with E-state index in [1.165, 1.54) is 18.2 Å². The molecule has 0 amide bonds. The van der Waals surface area contributed by atoms with Crippen LogP contribution >= 0.6 is 0 Å². The number of benzene rings is 1. The summed E-state index contributed by atoms with van der Waals surface area (Å²) in [6.45, 7) is 13.9. The molecular weight excluding hydrogens is 296 g/mol. The zero-order valence-corrected chi connectivity index (χ0v) is 14.5. The Morgan fingerprint density at radius 2 is 1.30 bits per heavy atom. The Morgan fingerprint density at radius 1 is 0.957 bits per heavy atom. The van der Waals surface area contributed by atoms with Crippen LogP contribution in [0, 0.1) is 0 Å². The Hall–Kier alpha value is -2.30. The second-order valence-electron chi connectivity index (χ2n) is 7.17. The van der Waals surface area contributed by atoms with Crippen LogP contribution in [0.4, 0.5) is 0 Å². The zero-order chi connectivity index (χ0) is 18.0. The first-order chi connectivity index (χ1) is 10.3. The first-order valence-electron chi connectivity index (χ1n) is 7.30. The Kier molecular flexibility index (Phi) is 5.25. The van der Waals surface area contributed by atoms with E-state index in [1.807, 2.05) is 0 Å². The maximum atomic E-state index is 12.2. The molecule has 1 rings (SSSR count). The minimum atomic E-state index is -0.722. The summed E-state index contributed by atoms with van der Waals surface area (Å²) in [5.41, 5.74) is -1.14. The van der Waals surface area contributed by atoms with Crippen molar-refractivity contribution < 1.29 is 24.2 Å². The van der Waals surface area contributed by atoms with Gasteiger partial charge in [0.05, 0.1) is 0 Å². The monoisotopic (exact) mass is 320 g/mol. The van der Waals surface area contributed by atoms with E-state index in [1.54, 1.807) is 41.5 Å². The van der Waals surface area contributed by atoms with Gasteiger partial charge in [-0.3, -0.25) is 0 Å². The number of phenols is 1. The lowest BCUT2D eigenvalue weighted by atomic mass is 10.0. The summed E-state index contributed by atoms with van der Waals surface area (Å²) in [5, 5.41) is 10.3. The number of hydrogen-bond acceptors (Lipinski definition) is 5. The molecule has 0 spiro atoms. The van der Waals surface area contributed by atoms with Crippen molar-refractivity contribution in [1.82, 2.24) is 0 Å². The molecule has 1 N–H and O–H groups in total. The van der Waals surface area contributed by atoms with Gasteiger partial charge in [-0.1, -0.05) is 12.7 Å². The van der Waals surface area contributed by atoms with E-state index >= 15 is 0 Å². The second kappa shape index (κ2) is 6.44. The highest BCUT2D eigenvalue weighted by molar-refractivity contribution is 6.01. The number of phenolic OH excluding ortho intramolecular Hbond substituents is 1. The SMILES string of the molecule is C=Cc1cc(C(=O)OC(C)(C)C)c(O)c(C(=O)OC(C)(C)C)c1. The van der Waals surface area contributed by atoms with Crippen LogP contribution in [-0.4, -0.2) is 28.2 Å². The molecule has 0 heterocycles. The number of aromatic hydroxyl groups is 1. The highest BCUT2D eigenvalue weighted by Gasteiger charge is 2.27. The molecule has 0 unspecified atom stereocenters. The van der Waals surface area contributed by atoms with Gasteiger partial charge in [0.15, 0.2) is 0 Å². The van der Waals surface area contributed by atoms with Crippen molar-refractivity contribution in [2.24, 2.45) is 0 Å². The van der Waals surface area contributed by atoms with Crippen LogP contribution in [0.25, 0.3) is 6.08 Å². The van der Waals surface area contributed by atoms with Gasteiger partial charge in [-0.25, -0.2) is 9.59 Å². The summed E-state index contributed by atoms with van der Waals surface area (Å²) in [4.78, 5) is 24.5. The van der Waals surface area contributed by atoms with Crippen molar-refractivity contribution in [2.45, 2.75) is 52.7 Å². The van der Waals surface area contributed by atoms with Crippen LogP contribution in [0.5, 0.6) is 5.75 Å². The van der Waals surface area contributed by atoms with Gasteiger partial charge in [-0.2, -0.15) is 0 Å². The van der Waals surface area contributed by atoms with E-state index in [-0.39, 0.29) is 11.1 Å². The largest absolute Gasteiger partial charge is 0.506 e. The van der Waals surface area contributed by atoms with E-state index in [2.05, 4.69) is 6.58 Å². The number of hydrogen-bond donors (Lipinski definition) is 1. The molecular formula is C18H24O5. The molecule has 0 fully saturated rings. The summed E-state index contributed by atoms with van der Waals surface area (Å²) < 4.78 is 10.5. The topological polar surface area (TPSA) is 72.8 Å². The quantitative estimate of drug-likeness (QED) is 0.854. The lowest BCUT2D eigenvalue weighted by Gasteiger charge is -2.22. The number of carbonyl (C=O) groups is 2. The molecule has 1 aromatic carbocycles. The van der Waals surface area contributed by atoms with Crippen molar-refractivity contribution in [1.29, 1.82) is 0 Å². The van der Waals surface area contributed by atoms with Gasteiger partial charge in [0.25, 0.3) is 0 Å². The molecule has 0 aliphatic heterocycles. The molecule has 0 atom stereocenters. The smallest absolute Gasteiger partial charge is 0.342 e. The van der Waals surface area contributed by atoms with E-state index in [4.69, 9.17) is 9.47 Å². The van der Waals surface area contributed by atoms with Crippen LogP contribution in [0.2, 0.25) is 0 Å². The van der Waals surface area contributed by atoms with Crippen molar-refractivity contribution in [3.63, 3.8) is 0 Å². The third-order valence-corrected chi connectivity index (χ3v) is 2.61. The fourth-order valence-electron chi connectivity index (χ4n) is 1.75. The van der Waals surface area contributed by atoms with Crippen molar-refractivity contribution in [3.05, 3.63) is 35.4 Å². The molecule has 0 aliphatic carbocycles. The van der Waals surface area contributed by atoms with Gasteiger partial charge < -0.3 is 14.6 Å². The predicted molar refractivity (Wildman–Crippen MR) is 88.5 cm³/mol. The molecule has 1 aromatic rings. The van der Waals surface area contributed by atoms with E-state index in [0.717, 1.165) is 0 Å². The fraction of sp³-hybridized carbons (Fsp3) is 0.444. The average Bonchev–Trinajstić information content (AvgIpc) is 2.34. The average molecular weight is 320 g/mol. The van der Waals surface area contributed by atoms with Crippen molar-refractivity contribution in [3.8, 4) is 5.75 Å². The molecule has 5 nitrogen and oxygen atoms in total. The maximum Gasteiger partial charge on any atom is 0.342 e. The van der Waals surface area contributed by atoms with Gasteiger partial charge >= 0.3 is 11.9 Å². The van der Waals surface area contributed by atoms with Crippen LogP contribution < -0.4 is 0 Å². The molecule has 0 aromatic heterocycles. The summed E-state index contributed by atoms with van der Waals surface area (Å²) in [6, 6.07) is 2.84. The van der Waals surface area contributed by atoms with Gasteiger partial charge in [-0.15, -0.1) is 0 Å². The molecule has 0 radical (unpaired) electrons. The summed E-state index contributed by atoms with van der Waals surface area (Å²) in [7, 11) is 0. The van der Waals surface area contributed by atoms with Crippen LogP contribution in [0.1, 0.15) is 67.8 Å². The molecule has 0 bridgehead atoms. The Morgan fingerprint density at radius 3 is 1.57 bits per heavy atom. The third kappa shape index (κ3) is 5.43. The van der Waals surface area contributed by atoms with Gasteiger partial charge in [0, 0.05) is 0 Å². The fourth-order valence-corrected chi connectivity index (χ4v) is 1.75. The summed E-state index contributed by atoms with van der Waals surface area (Å²) in [6.07, 6.45) is 1.47. The molecule has 23 heavy (non-hydrogen) atoms. The second-order valence-corrected chi connectivity index (χ2v) is 7.17. The Balaban J connectivity index is 3.34. The number of ether oxygens (including phenoxy) is 2. The minimum Gasteiger partial charge on any atom is -0.506 e. The standard InChI is InChI=1S/C18H24O5/c1-8-11-9-12(15(20)22-17(2,3)4)14(19)13(10-11)16(21)23-18(5,6)7/h8-10,19H,1H2,2-7H3. The Labute approximate surface area is 136 Å². The minimum absolute atomic E-state index is 0.0989. The van der Waals surface area contributed by atoms with Crippen LogP contribution in [0.15, 0.2) is 18.7 Å². The van der Waals surface area contributed by atoms with Crippen molar-refractivity contribution >= 4 is 18.0 Å². The summed E-state index contributed by atoms with van der Waals surface area (Å²) >= 11 is 0. The van der Waals surface area contributed by atoms with E-state index in [0.29, 0.717) is 5.56 Å². The molecule has 0 saturated heterocycles. The van der Waals surface area contributed by atoms with Crippen LogP contribution in [-0.2, 0) is 9.47 Å². The van der Waals surface area contributed by atoms with Crippen molar-refractivity contribution in [2.75, 3.05) is 0 Å². The third-order valence-electron chi connectivity index (χ3n) is 2.61. The lowest BCUT2D eigenvalue weighted by molar-refractivity contribution is 0.00659. The van der Waals surface area contributed by atoms with Gasteiger partial charge in [0.1, 0.15) is 28.1 Å². The molecule has 0 saturated carbocycles. The first kappa shape index (κ1) is 18.7. The van der Waals surface area contributed by atoms with E-state index in [9.17, 15) is 14.7 Å². The normalized spacial score (nSPS) is 11.7. The highest BCUT2D eigenvalue weighted by atomic mass is 16.6. The highest BCUT2D eigenvalue weighted by Crippen LogP contribution is 2.29. The predicted octanol–water partition coefficient (Wildman–Crippen LogP) is 3.95. The first-order valence-corrected chi connectivity index (χ1v) is 7.30. The molecule has 126 valence electrons. The lowest BCUT2D eigenvalue weighted by Crippen LogP contribution is -2.25. The number of esters is 2. The molecule has 0 aliphatic rings. The maximum absolute atomic E-state index is 12.2. The Bertz CT molecular complexity index is 581. The summed E-state index contributed by atoms with van der Waals surface area (Å²) in [5.74, 6) is -1.90. The number of rotatable bonds is 3. The van der Waals surface area contributed by atoms with Crippen LogP contribution in [0.3, 0.4) is 0 Å². The van der Waals surface area contributed by atoms with Gasteiger partial charge in [0.2, 0.25) is 0 Å². The van der Waals surface area contributed by atoms with Gasteiger partial charge in [-0.05, 0) is 59.2 Å². The number of carbonyl (C=O) groups excluding carboxylic acids is 2.